The van der Waals surface area contributed by atoms with E-state index < -0.39 is 58.7 Å². The highest BCUT2D eigenvalue weighted by Crippen LogP contribution is 2.52. The van der Waals surface area contributed by atoms with Crippen LogP contribution in [0.1, 0.15) is 63.1 Å². The standard InChI is InChI=1S/C33H33F6NO4/c1-4-18(10-19-6-5-7-23(41)11-19)8-9-27-28-24(17(2)3)15-25-29(26(28)16-44-27)31(43)40(30(25)42)22-13-20(32(34,35)36)12-21(14-22)33(37,38)39/h5-7,10-14,17,25-27,29,41H,4,8-9,15-16H2,1-3H3/b18-10+/t25-,26+,27-,29-/m1/s1. The Balaban J connectivity index is 1.45. The summed E-state index contributed by atoms with van der Waals surface area (Å²) in [6, 6.07) is 7.73. The smallest absolute Gasteiger partial charge is 0.416 e. The van der Waals surface area contributed by atoms with Gasteiger partial charge in [-0.2, -0.15) is 26.3 Å². The van der Waals surface area contributed by atoms with E-state index in [9.17, 15) is 41.0 Å². The Hall–Kier alpha value is -3.60. The van der Waals surface area contributed by atoms with E-state index in [1.807, 2.05) is 32.9 Å². The lowest BCUT2D eigenvalue weighted by Crippen LogP contribution is -2.35. The molecule has 0 aromatic heterocycles. The highest BCUT2D eigenvalue weighted by Gasteiger charge is 2.58. The van der Waals surface area contributed by atoms with Gasteiger partial charge in [0, 0.05) is 5.92 Å². The maximum Gasteiger partial charge on any atom is 0.416 e. The molecule has 5 nitrogen and oxygen atoms in total. The van der Waals surface area contributed by atoms with Crippen LogP contribution in [0.3, 0.4) is 0 Å². The largest absolute Gasteiger partial charge is 0.508 e. The number of halogens is 6. The number of phenols is 1. The summed E-state index contributed by atoms with van der Waals surface area (Å²) in [5.74, 6) is -3.82. The number of amides is 2. The van der Waals surface area contributed by atoms with Gasteiger partial charge in [-0.1, -0.05) is 50.1 Å². The van der Waals surface area contributed by atoms with Gasteiger partial charge in [0.2, 0.25) is 11.8 Å². The van der Waals surface area contributed by atoms with Crippen LogP contribution < -0.4 is 4.90 Å². The summed E-state index contributed by atoms with van der Waals surface area (Å²) < 4.78 is 87.6. The third-order valence-electron chi connectivity index (χ3n) is 8.89. The maximum atomic E-state index is 13.8. The molecule has 2 amide bonds. The van der Waals surface area contributed by atoms with Crippen molar-refractivity contribution in [3.63, 3.8) is 0 Å². The molecule has 1 N–H and O–H groups in total. The molecule has 0 saturated carbocycles. The van der Waals surface area contributed by atoms with Gasteiger partial charge in [-0.25, -0.2) is 4.90 Å². The van der Waals surface area contributed by atoms with Crippen molar-refractivity contribution in [1.29, 1.82) is 0 Å². The minimum atomic E-state index is -5.12. The van der Waals surface area contributed by atoms with E-state index in [1.165, 1.54) is 0 Å². The Morgan fingerprint density at radius 3 is 2.23 bits per heavy atom. The quantitative estimate of drug-likeness (QED) is 0.192. The third kappa shape index (κ3) is 6.03. The number of fused-ring (bicyclic) bond motifs is 3. The summed E-state index contributed by atoms with van der Waals surface area (Å²) in [4.78, 5) is 27.9. The van der Waals surface area contributed by atoms with Gasteiger partial charge in [0.1, 0.15) is 5.75 Å². The van der Waals surface area contributed by atoms with Gasteiger partial charge < -0.3 is 9.84 Å². The predicted octanol–water partition coefficient (Wildman–Crippen LogP) is 8.18. The second-order valence-corrected chi connectivity index (χ2v) is 12.0. The van der Waals surface area contributed by atoms with Crippen LogP contribution in [0.5, 0.6) is 5.75 Å². The van der Waals surface area contributed by atoms with Crippen LogP contribution >= 0.6 is 0 Å². The zero-order chi connectivity index (χ0) is 32.1. The Kier molecular flexibility index (Phi) is 8.48. The molecule has 44 heavy (non-hydrogen) atoms. The molecule has 2 aromatic carbocycles. The van der Waals surface area contributed by atoms with Crippen molar-refractivity contribution in [3.8, 4) is 5.75 Å². The number of carbonyl (C=O) groups is 2. The number of nitrogens with zero attached hydrogens (tertiary/aromatic N) is 1. The number of rotatable bonds is 7. The van der Waals surface area contributed by atoms with Crippen molar-refractivity contribution >= 4 is 23.6 Å². The molecule has 2 heterocycles. The first-order chi connectivity index (χ1) is 20.6. The number of phenolic OH excluding ortho intramolecular Hbond substituents is 1. The molecule has 0 unspecified atom stereocenters. The summed E-state index contributed by atoms with van der Waals surface area (Å²) in [5.41, 5.74) is -0.0823. The minimum absolute atomic E-state index is 0.0199. The van der Waals surface area contributed by atoms with E-state index in [1.54, 1.807) is 18.2 Å². The molecule has 2 saturated heterocycles. The van der Waals surface area contributed by atoms with Gasteiger partial charge >= 0.3 is 12.4 Å². The molecular formula is C33H33F6NO4. The monoisotopic (exact) mass is 621 g/mol. The zero-order valence-corrected chi connectivity index (χ0v) is 24.4. The van der Waals surface area contributed by atoms with E-state index in [4.69, 9.17) is 4.74 Å². The van der Waals surface area contributed by atoms with Gasteiger partial charge in [-0.15, -0.1) is 0 Å². The van der Waals surface area contributed by atoms with E-state index in [0.717, 1.165) is 28.7 Å². The van der Waals surface area contributed by atoms with Crippen LogP contribution in [-0.2, 0) is 26.7 Å². The van der Waals surface area contributed by atoms with Crippen LogP contribution in [0.25, 0.3) is 6.08 Å². The Morgan fingerprint density at radius 1 is 1.00 bits per heavy atom. The normalized spacial score (nSPS) is 24.4. The number of hydrogen-bond acceptors (Lipinski definition) is 4. The number of imide groups is 1. The number of aromatic hydroxyl groups is 1. The number of anilines is 1. The van der Waals surface area contributed by atoms with E-state index >= 15 is 0 Å². The molecule has 11 heteroatoms. The number of alkyl halides is 6. The SMILES string of the molecule is CC/C(=C\c1cccc(O)c1)CC[C@H]1OC[C@H]2C1=C(C(C)C)C[C@H]1C(=O)N(c3cc(C(F)(F)F)cc(C(F)(F)F)c3)C(=O)[C@H]12. The Bertz CT molecular complexity index is 1490. The highest BCUT2D eigenvalue weighted by atomic mass is 19.4. The summed E-state index contributed by atoms with van der Waals surface area (Å²) in [7, 11) is 0. The van der Waals surface area contributed by atoms with Gasteiger partial charge in [0.15, 0.2) is 0 Å². The second-order valence-electron chi connectivity index (χ2n) is 12.0. The van der Waals surface area contributed by atoms with Crippen LogP contribution in [0, 0.1) is 23.7 Å². The van der Waals surface area contributed by atoms with Crippen LogP contribution in [0.4, 0.5) is 32.0 Å². The van der Waals surface area contributed by atoms with Gasteiger partial charge in [-0.3, -0.25) is 9.59 Å². The minimum Gasteiger partial charge on any atom is -0.508 e. The number of benzene rings is 2. The Morgan fingerprint density at radius 2 is 1.66 bits per heavy atom. The van der Waals surface area contributed by atoms with Crippen molar-refractivity contribution in [1.82, 2.24) is 0 Å². The molecule has 4 atom stereocenters. The first-order valence-corrected chi connectivity index (χ1v) is 14.6. The van der Waals surface area contributed by atoms with E-state index in [2.05, 4.69) is 0 Å². The lowest BCUT2D eigenvalue weighted by molar-refractivity contribution is -0.143. The Labute approximate surface area is 251 Å². The van der Waals surface area contributed by atoms with Crippen molar-refractivity contribution in [2.75, 3.05) is 11.5 Å². The molecule has 0 spiro atoms. The van der Waals surface area contributed by atoms with Crippen LogP contribution in [0.15, 0.2) is 59.2 Å². The zero-order valence-electron chi connectivity index (χ0n) is 24.4. The fourth-order valence-corrected chi connectivity index (χ4v) is 6.80. The molecule has 1 aliphatic carbocycles. The van der Waals surface area contributed by atoms with Crippen LogP contribution in [0.2, 0.25) is 0 Å². The van der Waals surface area contributed by atoms with Crippen molar-refractivity contribution in [2.24, 2.45) is 23.7 Å². The van der Waals surface area contributed by atoms with Gasteiger partial charge in [-0.05, 0) is 73.1 Å². The van der Waals surface area contributed by atoms with Gasteiger partial charge in [0.05, 0.1) is 41.4 Å². The molecule has 0 bridgehead atoms. The number of hydrogen-bond donors (Lipinski definition) is 1. The third-order valence-corrected chi connectivity index (χ3v) is 8.89. The lowest BCUT2D eigenvalue weighted by Gasteiger charge is -2.33. The lowest BCUT2D eigenvalue weighted by atomic mass is 9.67. The summed E-state index contributed by atoms with van der Waals surface area (Å²) in [6.45, 7) is 6.05. The molecule has 5 rings (SSSR count). The topological polar surface area (TPSA) is 66.8 Å². The number of allylic oxidation sites excluding steroid dienone is 2. The van der Waals surface area contributed by atoms with E-state index in [0.29, 0.717) is 29.9 Å². The molecule has 2 aromatic rings. The summed E-state index contributed by atoms with van der Waals surface area (Å²) in [6.07, 6.45) is -6.39. The first kappa shape index (κ1) is 31.8. The molecule has 236 valence electrons. The molecule has 0 radical (unpaired) electrons. The fraction of sp³-hybridized carbons (Fsp3) is 0.455. The molecule has 2 aliphatic heterocycles. The average molecular weight is 622 g/mol. The van der Waals surface area contributed by atoms with Crippen molar-refractivity contribution in [3.05, 3.63) is 75.9 Å². The summed E-state index contributed by atoms with van der Waals surface area (Å²) >= 11 is 0. The number of ether oxygens (including phenoxy) is 1. The predicted molar refractivity (Wildman–Crippen MR) is 151 cm³/mol. The van der Waals surface area contributed by atoms with Gasteiger partial charge in [0.25, 0.3) is 0 Å². The van der Waals surface area contributed by atoms with Crippen LogP contribution in [-0.4, -0.2) is 29.6 Å². The second kappa shape index (κ2) is 11.7. The van der Waals surface area contributed by atoms with Crippen molar-refractivity contribution in [2.45, 2.75) is 64.9 Å². The summed E-state index contributed by atoms with van der Waals surface area (Å²) in [5, 5.41) is 9.81. The van der Waals surface area contributed by atoms with E-state index in [-0.39, 0.29) is 36.9 Å². The fourth-order valence-electron chi connectivity index (χ4n) is 6.80. The first-order valence-electron chi connectivity index (χ1n) is 14.6. The molecular weight excluding hydrogens is 588 g/mol. The molecule has 3 aliphatic rings. The van der Waals surface area contributed by atoms with Crippen molar-refractivity contribution < 1.29 is 45.8 Å². The number of carbonyl (C=O) groups excluding carboxylic acids is 2. The average Bonchev–Trinajstić information content (AvgIpc) is 3.47. The maximum absolute atomic E-state index is 13.8. The molecule has 2 fully saturated rings. The highest BCUT2D eigenvalue weighted by molar-refractivity contribution is 6.22.